The van der Waals surface area contributed by atoms with Gasteiger partial charge in [-0.1, -0.05) is 153 Å². The van der Waals surface area contributed by atoms with Gasteiger partial charge in [0.25, 0.3) is 0 Å². The summed E-state index contributed by atoms with van der Waals surface area (Å²) in [5.74, 6) is 0.832. The summed E-state index contributed by atoms with van der Waals surface area (Å²) in [5, 5.41) is 4.79. The van der Waals surface area contributed by atoms with Gasteiger partial charge in [-0.2, -0.15) is 0 Å². The molecule has 226 valence electrons. The fourth-order valence-corrected chi connectivity index (χ4v) is 8.26. The van der Waals surface area contributed by atoms with E-state index >= 15 is 0 Å². The number of rotatable bonds is 3. The zero-order valence-electron chi connectivity index (χ0n) is 26.8. The SMILES string of the molecule is CC1(C)c2ccccc2-c2cccc(-c3cccc4c5ccc6ccccc6c5n(-c5nc6ccccc6nc5-c5ccccc5)c34)c21. The predicted molar refractivity (Wildman–Crippen MR) is 200 cm³/mol. The minimum Gasteiger partial charge on any atom is -0.291 e. The Morgan fingerprint density at radius 2 is 1.06 bits per heavy atom. The van der Waals surface area contributed by atoms with Crippen LogP contribution in [0.4, 0.5) is 0 Å². The molecule has 3 heteroatoms. The van der Waals surface area contributed by atoms with Gasteiger partial charge in [-0.15, -0.1) is 0 Å². The molecular formula is C45H31N3. The Morgan fingerprint density at radius 3 is 1.92 bits per heavy atom. The summed E-state index contributed by atoms with van der Waals surface area (Å²) in [6, 6.07) is 54.4. The van der Waals surface area contributed by atoms with Crippen LogP contribution in [0, 0.1) is 0 Å². The molecule has 0 bridgehead atoms. The van der Waals surface area contributed by atoms with E-state index in [2.05, 4.69) is 158 Å². The summed E-state index contributed by atoms with van der Waals surface area (Å²) in [7, 11) is 0. The van der Waals surface area contributed by atoms with Crippen molar-refractivity contribution < 1.29 is 0 Å². The van der Waals surface area contributed by atoms with Crippen LogP contribution in [0.5, 0.6) is 0 Å². The summed E-state index contributed by atoms with van der Waals surface area (Å²) in [6.07, 6.45) is 0. The van der Waals surface area contributed by atoms with Crippen LogP contribution in [0.15, 0.2) is 152 Å². The zero-order chi connectivity index (χ0) is 32.0. The first-order valence-corrected chi connectivity index (χ1v) is 16.6. The highest BCUT2D eigenvalue weighted by Crippen LogP contribution is 2.53. The van der Waals surface area contributed by atoms with Gasteiger partial charge in [0.1, 0.15) is 5.69 Å². The summed E-state index contributed by atoms with van der Waals surface area (Å²) in [6.45, 7) is 4.74. The molecular weight excluding hydrogens is 583 g/mol. The first kappa shape index (κ1) is 27.1. The molecule has 48 heavy (non-hydrogen) atoms. The lowest BCUT2D eigenvalue weighted by atomic mass is 9.78. The van der Waals surface area contributed by atoms with Gasteiger partial charge in [0.15, 0.2) is 5.82 Å². The van der Waals surface area contributed by atoms with E-state index in [1.54, 1.807) is 0 Å². The summed E-state index contributed by atoms with van der Waals surface area (Å²) in [5.41, 5.74) is 13.6. The molecule has 1 aliphatic rings. The van der Waals surface area contributed by atoms with Crippen molar-refractivity contribution in [1.29, 1.82) is 0 Å². The molecule has 9 aromatic rings. The van der Waals surface area contributed by atoms with E-state index in [0.29, 0.717) is 0 Å². The molecule has 2 aromatic heterocycles. The van der Waals surface area contributed by atoms with Crippen LogP contribution in [0.2, 0.25) is 0 Å². The van der Waals surface area contributed by atoms with Crippen LogP contribution < -0.4 is 0 Å². The number of hydrogen-bond donors (Lipinski definition) is 0. The van der Waals surface area contributed by atoms with Gasteiger partial charge in [-0.25, -0.2) is 9.97 Å². The molecule has 0 saturated carbocycles. The lowest BCUT2D eigenvalue weighted by Crippen LogP contribution is -2.16. The minimum atomic E-state index is -0.161. The third-order valence-corrected chi connectivity index (χ3v) is 10.4. The maximum Gasteiger partial charge on any atom is 0.165 e. The maximum absolute atomic E-state index is 5.47. The topological polar surface area (TPSA) is 30.7 Å². The maximum atomic E-state index is 5.47. The molecule has 3 nitrogen and oxygen atoms in total. The smallest absolute Gasteiger partial charge is 0.165 e. The quantitative estimate of drug-likeness (QED) is 0.198. The van der Waals surface area contributed by atoms with Gasteiger partial charge >= 0.3 is 0 Å². The molecule has 0 unspecified atom stereocenters. The monoisotopic (exact) mass is 613 g/mol. The van der Waals surface area contributed by atoms with Gasteiger partial charge in [0.2, 0.25) is 0 Å². The van der Waals surface area contributed by atoms with Crippen LogP contribution in [0.1, 0.15) is 25.0 Å². The predicted octanol–water partition coefficient (Wildman–Crippen LogP) is 11.5. The first-order valence-electron chi connectivity index (χ1n) is 16.6. The van der Waals surface area contributed by atoms with Crippen LogP contribution in [0.25, 0.3) is 82.9 Å². The Morgan fingerprint density at radius 1 is 0.458 bits per heavy atom. The van der Waals surface area contributed by atoms with Crippen molar-refractivity contribution in [3.05, 3.63) is 163 Å². The first-order chi connectivity index (χ1) is 23.6. The molecule has 7 aromatic carbocycles. The molecule has 0 N–H and O–H groups in total. The Labute approximate surface area is 278 Å². The van der Waals surface area contributed by atoms with E-state index in [-0.39, 0.29) is 5.41 Å². The molecule has 0 saturated heterocycles. The van der Waals surface area contributed by atoms with Crippen molar-refractivity contribution in [2.24, 2.45) is 0 Å². The molecule has 1 aliphatic carbocycles. The van der Waals surface area contributed by atoms with Crippen LogP contribution in [-0.2, 0) is 5.41 Å². The fourth-order valence-electron chi connectivity index (χ4n) is 8.26. The standard InChI is InChI=1S/C45H31N3/c1-45(2)37-23-9-8-18-31(37)32-19-12-20-33(40(32)45)34-21-13-22-35-36-27-26-28-14-6-7-17-30(28)42(36)48(43(34)35)44-41(29-15-4-3-5-16-29)46-38-24-10-11-25-39(38)47-44/h3-27H,1-2H3. The highest BCUT2D eigenvalue weighted by atomic mass is 15.1. The van der Waals surface area contributed by atoms with Crippen LogP contribution >= 0.6 is 0 Å². The van der Waals surface area contributed by atoms with Crippen molar-refractivity contribution in [3.8, 4) is 39.3 Å². The average Bonchev–Trinajstić information content (AvgIpc) is 3.61. The van der Waals surface area contributed by atoms with E-state index in [0.717, 1.165) is 39.1 Å². The molecule has 0 radical (unpaired) electrons. The van der Waals surface area contributed by atoms with Crippen molar-refractivity contribution in [3.63, 3.8) is 0 Å². The summed E-state index contributed by atoms with van der Waals surface area (Å²) >= 11 is 0. The lowest BCUT2D eigenvalue weighted by Gasteiger charge is -2.25. The van der Waals surface area contributed by atoms with Crippen molar-refractivity contribution in [1.82, 2.24) is 14.5 Å². The second-order valence-electron chi connectivity index (χ2n) is 13.4. The molecule has 0 atom stereocenters. The Bertz CT molecular complexity index is 2750. The van der Waals surface area contributed by atoms with E-state index in [9.17, 15) is 0 Å². The summed E-state index contributed by atoms with van der Waals surface area (Å²) < 4.78 is 2.42. The fraction of sp³-hybridized carbons (Fsp3) is 0.0667. The Balaban J connectivity index is 1.41. The van der Waals surface area contributed by atoms with Gasteiger partial charge in [0.05, 0.1) is 22.1 Å². The van der Waals surface area contributed by atoms with Gasteiger partial charge in [0, 0.05) is 32.7 Å². The Kier molecular flexibility index (Phi) is 5.63. The van der Waals surface area contributed by atoms with E-state index in [1.807, 2.05) is 12.1 Å². The normalized spacial score (nSPS) is 13.4. The Hall–Kier alpha value is -6.06. The zero-order valence-corrected chi connectivity index (χ0v) is 26.8. The number of para-hydroxylation sites is 3. The van der Waals surface area contributed by atoms with Crippen LogP contribution in [0.3, 0.4) is 0 Å². The lowest BCUT2D eigenvalue weighted by molar-refractivity contribution is 0.662. The number of nitrogens with zero attached hydrogens (tertiary/aromatic N) is 3. The average molecular weight is 614 g/mol. The van der Waals surface area contributed by atoms with Crippen molar-refractivity contribution >= 4 is 43.6 Å². The number of benzene rings is 7. The highest BCUT2D eigenvalue weighted by molar-refractivity contribution is 6.21. The minimum absolute atomic E-state index is 0.161. The van der Waals surface area contributed by atoms with Gasteiger partial charge < -0.3 is 0 Å². The number of hydrogen-bond acceptors (Lipinski definition) is 2. The second kappa shape index (κ2) is 9.97. The molecule has 0 spiro atoms. The highest BCUT2D eigenvalue weighted by Gasteiger charge is 2.38. The second-order valence-corrected chi connectivity index (χ2v) is 13.4. The van der Waals surface area contributed by atoms with E-state index < -0.39 is 0 Å². The van der Waals surface area contributed by atoms with Gasteiger partial charge in [-0.05, 0) is 45.3 Å². The van der Waals surface area contributed by atoms with Gasteiger partial charge in [-0.3, -0.25) is 4.57 Å². The number of fused-ring (bicyclic) bond motifs is 9. The molecule has 0 aliphatic heterocycles. The number of aromatic nitrogens is 3. The molecule has 0 fully saturated rings. The molecule has 0 amide bonds. The third-order valence-electron chi connectivity index (χ3n) is 10.4. The summed E-state index contributed by atoms with van der Waals surface area (Å²) in [4.78, 5) is 10.8. The molecule has 10 rings (SSSR count). The van der Waals surface area contributed by atoms with E-state index in [4.69, 9.17) is 9.97 Å². The van der Waals surface area contributed by atoms with Crippen molar-refractivity contribution in [2.75, 3.05) is 0 Å². The largest absolute Gasteiger partial charge is 0.291 e. The van der Waals surface area contributed by atoms with Crippen molar-refractivity contribution in [2.45, 2.75) is 19.3 Å². The van der Waals surface area contributed by atoms with E-state index in [1.165, 1.54) is 54.9 Å². The van der Waals surface area contributed by atoms with Crippen LogP contribution in [-0.4, -0.2) is 14.5 Å². The molecule has 2 heterocycles. The third kappa shape index (κ3) is 3.70.